The highest BCUT2D eigenvalue weighted by molar-refractivity contribution is 5.84. The molecule has 3 heteroatoms. The zero-order chi connectivity index (χ0) is 12.8. The molecule has 0 spiro atoms. The van der Waals surface area contributed by atoms with Gasteiger partial charge in [0.15, 0.2) is 0 Å². The van der Waals surface area contributed by atoms with Crippen LogP contribution in [0.3, 0.4) is 0 Å². The molecule has 1 aliphatic heterocycles. The van der Waals surface area contributed by atoms with E-state index >= 15 is 0 Å². The summed E-state index contributed by atoms with van der Waals surface area (Å²) in [5.41, 5.74) is 0. The molecule has 1 aliphatic rings. The molecule has 0 radical (unpaired) electrons. The van der Waals surface area contributed by atoms with Gasteiger partial charge in [-0.15, -0.1) is 0 Å². The molecule has 0 bridgehead atoms. The predicted octanol–water partition coefficient (Wildman–Crippen LogP) is 2.76. The monoisotopic (exact) mass is 240 g/mol. The molecule has 0 aromatic rings. The fraction of sp³-hybridized carbons (Fsp3) is 0.929. The molecule has 1 heterocycles. The maximum Gasteiger partial charge on any atom is 0.241 e. The van der Waals surface area contributed by atoms with Crippen LogP contribution in [0.25, 0.3) is 0 Å². The Morgan fingerprint density at radius 1 is 1.35 bits per heavy atom. The molecule has 0 aliphatic carbocycles. The summed E-state index contributed by atoms with van der Waals surface area (Å²) in [6.45, 7) is 9.54. The standard InChI is InChI=1S/C14H28N2O/c1-5-8-9-13-14(17)16(10-15-13)11(4)12(6-2)7-3/h11-13,15H,5-10H2,1-4H3. The van der Waals surface area contributed by atoms with E-state index in [9.17, 15) is 4.79 Å². The second kappa shape index (κ2) is 7.00. The lowest BCUT2D eigenvalue weighted by Gasteiger charge is -2.30. The third-order valence-corrected chi connectivity index (χ3v) is 4.16. The summed E-state index contributed by atoms with van der Waals surface area (Å²) in [6.07, 6.45) is 5.59. The van der Waals surface area contributed by atoms with E-state index < -0.39 is 0 Å². The molecule has 1 N–H and O–H groups in total. The summed E-state index contributed by atoms with van der Waals surface area (Å²) in [5.74, 6) is 0.948. The average Bonchev–Trinajstić information content (AvgIpc) is 2.69. The van der Waals surface area contributed by atoms with Gasteiger partial charge in [0.25, 0.3) is 0 Å². The lowest BCUT2D eigenvalue weighted by atomic mass is 9.94. The van der Waals surface area contributed by atoms with E-state index in [1.807, 2.05) is 4.90 Å². The molecule has 3 nitrogen and oxygen atoms in total. The van der Waals surface area contributed by atoms with E-state index in [2.05, 4.69) is 33.0 Å². The highest BCUT2D eigenvalue weighted by Crippen LogP contribution is 2.22. The predicted molar refractivity (Wildman–Crippen MR) is 71.7 cm³/mol. The van der Waals surface area contributed by atoms with Crippen LogP contribution in [0.2, 0.25) is 0 Å². The molecule has 2 unspecified atom stereocenters. The Bertz CT molecular complexity index is 238. The van der Waals surface area contributed by atoms with Crippen molar-refractivity contribution in [3.05, 3.63) is 0 Å². The van der Waals surface area contributed by atoms with Gasteiger partial charge in [-0.05, 0) is 19.3 Å². The molecule has 1 saturated heterocycles. The molecule has 1 amide bonds. The highest BCUT2D eigenvalue weighted by atomic mass is 16.2. The van der Waals surface area contributed by atoms with Crippen molar-refractivity contribution < 1.29 is 4.79 Å². The molecular formula is C14H28N2O. The van der Waals surface area contributed by atoms with Crippen LogP contribution >= 0.6 is 0 Å². The van der Waals surface area contributed by atoms with E-state index in [4.69, 9.17) is 0 Å². The topological polar surface area (TPSA) is 32.3 Å². The summed E-state index contributed by atoms with van der Waals surface area (Å²) < 4.78 is 0. The minimum Gasteiger partial charge on any atom is -0.326 e. The van der Waals surface area contributed by atoms with Gasteiger partial charge in [-0.2, -0.15) is 0 Å². The van der Waals surface area contributed by atoms with Crippen LogP contribution in [0.1, 0.15) is 59.8 Å². The minimum atomic E-state index is 0.0757. The second-order valence-electron chi connectivity index (χ2n) is 5.18. The Kier molecular flexibility index (Phi) is 5.96. The Morgan fingerprint density at radius 2 is 2.00 bits per heavy atom. The summed E-state index contributed by atoms with van der Waals surface area (Å²) in [6, 6.07) is 0.448. The number of amides is 1. The van der Waals surface area contributed by atoms with Crippen LogP contribution in [0.4, 0.5) is 0 Å². The Hall–Kier alpha value is -0.570. The number of nitrogens with zero attached hydrogens (tertiary/aromatic N) is 1. The van der Waals surface area contributed by atoms with Crippen molar-refractivity contribution in [3.63, 3.8) is 0 Å². The quantitative estimate of drug-likeness (QED) is 0.742. The summed E-state index contributed by atoms with van der Waals surface area (Å²) in [4.78, 5) is 14.3. The van der Waals surface area contributed by atoms with E-state index in [1.165, 1.54) is 0 Å². The maximum atomic E-state index is 12.3. The van der Waals surface area contributed by atoms with Gasteiger partial charge in [0.2, 0.25) is 5.91 Å². The van der Waals surface area contributed by atoms with Crippen LogP contribution < -0.4 is 5.32 Å². The van der Waals surface area contributed by atoms with E-state index in [-0.39, 0.29) is 6.04 Å². The van der Waals surface area contributed by atoms with Gasteiger partial charge in [0, 0.05) is 6.04 Å². The zero-order valence-electron chi connectivity index (χ0n) is 11.8. The van der Waals surface area contributed by atoms with Crippen molar-refractivity contribution in [1.82, 2.24) is 10.2 Å². The number of unbranched alkanes of at least 4 members (excludes halogenated alkanes) is 1. The Morgan fingerprint density at radius 3 is 2.53 bits per heavy atom. The van der Waals surface area contributed by atoms with Crippen molar-refractivity contribution in [2.45, 2.75) is 71.9 Å². The molecule has 0 aromatic heterocycles. The first kappa shape index (κ1) is 14.5. The average molecular weight is 240 g/mol. The molecule has 17 heavy (non-hydrogen) atoms. The van der Waals surface area contributed by atoms with E-state index in [0.717, 1.165) is 38.8 Å². The van der Waals surface area contributed by atoms with Crippen LogP contribution in [-0.2, 0) is 4.79 Å². The van der Waals surface area contributed by atoms with Gasteiger partial charge in [0.1, 0.15) is 0 Å². The Labute approximate surface area is 106 Å². The Balaban J connectivity index is 2.53. The minimum absolute atomic E-state index is 0.0757. The van der Waals surface area contributed by atoms with E-state index in [1.54, 1.807) is 0 Å². The lowest BCUT2D eigenvalue weighted by molar-refractivity contribution is -0.131. The number of rotatable bonds is 7. The first-order chi connectivity index (χ1) is 8.15. The third kappa shape index (κ3) is 3.44. The number of carbonyl (C=O) groups excluding carboxylic acids is 1. The van der Waals surface area contributed by atoms with Crippen molar-refractivity contribution in [2.75, 3.05) is 6.67 Å². The molecule has 2 atom stereocenters. The maximum absolute atomic E-state index is 12.3. The SMILES string of the molecule is CCCCC1NCN(C(C)C(CC)CC)C1=O. The van der Waals surface area contributed by atoms with Crippen molar-refractivity contribution in [3.8, 4) is 0 Å². The third-order valence-electron chi connectivity index (χ3n) is 4.16. The van der Waals surface area contributed by atoms with Crippen molar-refractivity contribution >= 4 is 5.91 Å². The first-order valence-corrected chi connectivity index (χ1v) is 7.19. The number of hydrogen-bond acceptors (Lipinski definition) is 2. The van der Waals surface area contributed by atoms with Crippen molar-refractivity contribution in [2.24, 2.45) is 5.92 Å². The normalized spacial score (nSPS) is 22.5. The molecule has 0 aromatic carbocycles. The van der Waals surface area contributed by atoms with Gasteiger partial charge < -0.3 is 4.90 Å². The van der Waals surface area contributed by atoms with E-state index in [0.29, 0.717) is 17.9 Å². The van der Waals surface area contributed by atoms with Crippen LogP contribution in [-0.4, -0.2) is 29.6 Å². The molecule has 1 fully saturated rings. The smallest absolute Gasteiger partial charge is 0.241 e. The lowest BCUT2D eigenvalue weighted by Crippen LogP contribution is -2.41. The van der Waals surface area contributed by atoms with Gasteiger partial charge in [-0.1, -0.05) is 46.5 Å². The van der Waals surface area contributed by atoms with Crippen LogP contribution in [0.15, 0.2) is 0 Å². The van der Waals surface area contributed by atoms with Gasteiger partial charge in [0.05, 0.1) is 12.7 Å². The highest BCUT2D eigenvalue weighted by Gasteiger charge is 2.35. The van der Waals surface area contributed by atoms with Gasteiger partial charge in [-0.25, -0.2) is 0 Å². The fourth-order valence-electron chi connectivity index (χ4n) is 2.78. The van der Waals surface area contributed by atoms with Gasteiger partial charge >= 0.3 is 0 Å². The van der Waals surface area contributed by atoms with Gasteiger partial charge in [-0.3, -0.25) is 10.1 Å². The molecule has 1 rings (SSSR count). The number of carbonyl (C=O) groups is 1. The summed E-state index contributed by atoms with van der Waals surface area (Å²) >= 11 is 0. The van der Waals surface area contributed by atoms with Crippen LogP contribution in [0, 0.1) is 5.92 Å². The van der Waals surface area contributed by atoms with Crippen molar-refractivity contribution in [1.29, 1.82) is 0 Å². The molecule has 0 saturated carbocycles. The molecule has 100 valence electrons. The second-order valence-corrected chi connectivity index (χ2v) is 5.18. The summed E-state index contributed by atoms with van der Waals surface area (Å²) in [7, 11) is 0. The number of nitrogens with one attached hydrogen (secondary N) is 1. The summed E-state index contributed by atoms with van der Waals surface area (Å²) in [5, 5.41) is 3.35. The first-order valence-electron chi connectivity index (χ1n) is 7.19. The number of hydrogen-bond donors (Lipinski definition) is 1. The zero-order valence-corrected chi connectivity index (χ0v) is 11.8. The fourth-order valence-corrected chi connectivity index (χ4v) is 2.78. The van der Waals surface area contributed by atoms with Crippen LogP contribution in [0.5, 0.6) is 0 Å². The largest absolute Gasteiger partial charge is 0.326 e. The molecular weight excluding hydrogens is 212 g/mol.